The Bertz CT molecular complexity index is 463. The van der Waals surface area contributed by atoms with E-state index in [2.05, 4.69) is 0 Å². The van der Waals surface area contributed by atoms with Crippen LogP contribution in [0.25, 0.3) is 10.8 Å². The fraction of sp³-hybridized carbons (Fsp3) is 0.0909. The van der Waals surface area contributed by atoms with Gasteiger partial charge in [-0.25, -0.2) is 4.39 Å². The van der Waals surface area contributed by atoms with Crippen LogP contribution in [-0.4, -0.2) is 0 Å². The van der Waals surface area contributed by atoms with Gasteiger partial charge < -0.3 is 5.73 Å². The first-order valence-corrected chi connectivity index (χ1v) is 4.12. The minimum absolute atomic E-state index is 0.251. The molecule has 2 N–H and O–H groups in total. The normalized spacial score (nSPS) is 10.6. The molecule has 1 nitrogen and oxygen atoms in total. The van der Waals surface area contributed by atoms with Gasteiger partial charge in [-0.15, -0.1) is 0 Å². The summed E-state index contributed by atoms with van der Waals surface area (Å²) in [6.45, 7) is 1.94. The number of nitrogen functional groups attached to an aromatic ring is 1. The van der Waals surface area contributed by atoms with E-state index >= 15 is 0 Å². The lowest BCUT2D eigenvalue weighted by molar-refractivity contribution is 0.640. The van der Waals surface area contributed by atoms with Crippen LogP contribution in [0.5, 0.6) is 0 Å². The number of anilines is 1. The average molecular weight is 175 g/mol. The Kier molecular flexibility index (Phi) is 1.69. The molecule has 0 amide bonds. The minimum atomic E-state index is -0.251. The van der Waals surface area contributed by atoms with Crippen LogP contribution >= 0.6 is 0 Å². The van der Waals surface area contributed by atoms with Crippen LogP contribution in [0.3, 0.4) is 0 Å². The van der Waals surface area contributed by atoms with Gasteiger partial charge in [0.05, 0.1) is 0 Å². The number of hydrogen-bond acceptors (Lipinski definition) is 1. The fourth-order valence-corrected chi connectivity index (χ4v) is 1.45. The molecule has 0 aromatic heterocycles. The average Bonchev–Trinajstić information content (AvgIpc) is 2.06. The molecular weight excluding hydrogens is 165 g/mol. The number of rotatable bonds is 0. The monoisotopic (exact) mass is 175 g/mol. The zero-order valence-corrected chi connectivity index (χ0v) is 7.34. The van der Waals surface area contributed by atoms with Crippen molar-refractivity contribution < 1.29 is 4.39 Å². The van der Waals surface area contributed by atoms with Gasteiger partial charge in [-0.3, -0.25) is 0 Å². The van der Waals surface area contributed by atoms with Crippen LogP contribution in [0, 0.1) is 12.7 Å². The number of aryl methyl sites for hydroxylation is 1. The summed E-state index contributed by atoms with van der Waals surface area (Å²) in [4.78, 5) is 0. The van der Waals surface area contributed by atoms with E-state index in [9.17, 15) is 4.39 Å². The molecule has 2 aromatic carbocycles. The van der Waals surface area contributed by atoms with E-state index in [0.29, 0.717) is 11.1 Å². The topological polar surface area (TPSA) is 26.0 Å². The smallest absolute Gasteiger partial charge is 0.133 e. The van der Waals surface area contributed by atoms with Crippen molar-refractivity contribution in [1.29, 1.82) is 0 Å². The second-order valence-corrected chi connectivity index (χ2v) is 3.23. The highest BCUT2D eigenvalue weighted by atomic mass is 19.1. The lowest BCUT2D eigenvalue weighted by Gasteiger charge is -2.02. The summed E-state index contributed by atoms with van der Waals surface area (Å²) in [7, 11) is 0. The van der Waals surface area contributed by atoms with Crippen molar-refractivity contribution >= 4 is 16.5 Å². The van der Waals surface area contributed by atoms with Crippen LogP contribution in [0.15, 0.2) is 30.3 Å². The van der Waals surface area contributed by atoms with Gasteiger partial charge in [0.25, 0.3) is 0 Å². The summed E-state index contributed by atoms with van der Waals surface area (Å²) in [5.41, 5.74) is 7.04. The molecule has 0 aliphatic heterocycles. The summed E-state index contributed by atoms with van der Waals surface area (Å²) in [6, 6.07) is 8.77. The van der Waals surface area contributed by atoms with E-state index in [-0.39, 0.29) is 5.82 Å². The summed E-state index contributed by atoms with van der Waals surface area (Å²) in [5, 5.41) is 1.48. The Morgan fingerprint density at radius 2 is 1.92 bits per heavy atom. The largest absolute Gasteiger partial charge is 0.399 e. The van der Waals surface area contributed by atoms with Gasteiger partial charge in [-0.1, -0.05) is 17.7 Å². The zero-order valence-electron chi connectivity index (χ0n) is 7.34. The molecule has 0 bridgehead atoms. The summed E-state index contributed by atoms with van der Waals surface area (Å²) in [6.07, 6.45) is 0. The highest BCUT2D eigenvalue weighted by molar-refractivity contribution is 5.86. The van der Waals surface area contributed by atoms with E-state index in [1.54, 1.807) is 6.07 Å². The van der Waals surface area contributed by atoms with Gasteiger partial charge in [0.1, 0.15) is 5.82 Å². The molecule has 0 heterocycles. The molecule has 0 atom stereocenters. The predicted molar refractivity (Wildman–Crippen MR) is 53.1 cm³/mol. The van der Waals surface area contributed by atoms with Crippen LogP contribution in [-0.2, 0) is 0 Å². The molecule has 0 fully saturated rings. The summed E-state index contributed by atoms with van der Waals surface area (Å²) >= 11 is 0. The zero-order chi connectivity index (χ0) is 9.42. The second-order valence-electron chi connectivity index (χ2n) is 3.23. The maximum absolute atomic E-state index is 13.3. The third kappa shape index (κ3) is 1.35. The Labute approximate surface area is 76.0 Å². The third-order valence-corrected chi connectivity index (χ3v) is 2.08. The standard InChI is InChI=1S/C11H10FN/c1-7-2-3-8-5-9(13)6-11(12)10(8)4-7/h2-6H,13H2,1H3. The SMILES string of the molecule is Cc1ccc2cc(N)cc(F)c2c1. The number of halogens is 1. The molecule has 66 valence electrons. The van der Waals surface area contributed by atoms with Crippen LogP contribution in [0.2, 0.25) is 0 Å². The molecule has 2 aromatic rings. The van der Waals surface area contributed by atoms with Crippen molar-refractivity contribution in [3.05, 3.63) is 41.7 Å². The molecule has 13 heavy (non-hydrogen) atoms. The van der Waals surface area contributed by atoms with Gasteiger partial charge in [0.2, 0.25) is 0 Å². The minimum Gasteiger partial charge on any atom is -0.399 e. The van der Waals surface area contributed by atoms with Crippen molar-refractivity contribution in [3.63, 3.8) is 0 Å². The molecule has 0 spiro atoms. The first-order chi connectivity index (χ1) is 6.16. The van der Waals surface area contributed by atoms with Crippen LogP contribution in [0.4, 0.5) is 10.1 Å². The highest BCUT2D eigenvalue weighted by Crippen LogP contribution is 2.22. The molecule has 0 aliphatic rings. The summed E-state index contributed by atoms with van der Waals surface area (Å²) < 4.78 is 13.3. The number of hydrogen-bond donors (Lipinski definition) is 1. The number of nitrogens with two attached hydrogens (primary N) is 1. The molecule has 0 unspecified atom stereocenters. The van der Waals surface area contributed by atoms with Crippen molar-refractivity contribution in [1.82, 2.24) is 0 Å². The van der Waals surface area contributed by atoms with Crippen LogP contribution in [0.1, 0.15) is 5.56 Å². The van der Waals surface area contributed by atoms with E-state index in [4.69, 9.17) is 5.73 Å². The second kappa shape index (κ2) is 2.73. The highest BCUT2D eigenvalue weighted by Gasteiger charge is 2.01. The molecule has 0 aliphatic carbocycles. The Hall–Kier alpha value is -1.57. The number of benzene rings is 2. The van der Waals surface area contributed by atoms with Gasteiger partial charge in [0, 0.05) is 11.1 Å². The Balaban J connectivity index is 2.87. The van der Waals surface area contributed by atoms with Gasteiger partial charge >= 0.3 is 0 Å². The predicted octanol–water partition coefficient (Wildman–Crippen LogP) is 2.87. The summed E-state index contributed by atoms with van der Waals surface area (Å²) in [5.74, 6) is -0.251. The molecule has 2 heteroatoms. The van der Waals surface area contributed by atoms with Crippen LogP contribution < -0.4 is 5.73 Å². The number of fused-ring (bicyclic) bond motifs is 1. The molecular formula is C11H10FN. The molecule has 0 saturated heterocycles. The van der Waals surface area contributed by atoms with Crippen molar-refractivity contribution in [2.75, 3.05) is 5.73 Å². The van der Waals surface area contributed by atoms with E-state index in [1.165, 1.54) is 6.07 Å². The van der Waals surface area contributed by atoms with Crippen molar-refractivity contribution in [2.24, 2.45) is 0 Å². The maximum Gasteiger partial charge on any atom is 0.133 e. The maximum atomic E-state index is 13.3. The lowest BCUT2D eigenvalue weighted by Crippen LogP contribution is -1.88. The molecule has 0 radical (unpaired) electrons. The molecule has 2 rings (SSSR count). The first-order valence-electron chi connectivity index (χ1n) is 4.12. The molecule has 0 saturated carbocycles. The van der Waals surface area contributed by atoms with Gasteiger partial charge in [0.15, 0.2) is 0 Å². The van der Waals surface area contributed by atoms with E-state index < -0.39 is 0 Å². The quantitative estimate of drug-likeness (QED) is 0.612. The van der Waals surface area contributed by atoms with E-state index in [1.807, 2.05) is 25.1 Å². The van der Waals surface area contributed by atoms with Crippen molar-refractivity contribution in [3.8, 4) is 0 Å². The first kappa shape index (κ1) is 8.05. The van der Waals surface area contributed by atoms with Gasteiger partial charge in [-0.2, -0.15) is 0 Å². The fourth-order valence-electron chi connectivity index (χ4n) is 1.45. The Morgan fingerprint density at radius 1 is 1.15 bits per heavy atom. The Morgan fingerprint density at radius 3 is 2.69 bits per heavy atom. The lowest BCUT2D eigenvalue weighted by atomic mass is 10.1. The third-order valence-electron chi connectivity index (χ3n) is 2.08. The van der Waals surface area contributed by atoms with Crippen molar-refractivity contribution in [2.45, 2.75) is 6.92 Å². The van der Waals surface area contributed by atoms with E-state index in [0.717, 1.165) is 10.9 Å². The van der Waals surface area contributed by atoms with Gasteiger partial charge in [-0.05, 0) is 30.5 Å².